The Hall–Kier alpha value is -2.30. The van der Waals surface area contributed by atoms with E-state index < -0.39 is 0 Å². The number of thioether (sulfide) groups is 1. The van der Waals surface area contributed by atoms with Crippen LogP contribution in [0.3, 0.4) is 0 Å². The predicted octanol–water partition coefficient (Wildman–Crippen LogP) is 2.52. The van der Waals surface area contributed by atoms with Gasteiger partial charge < -0.3 is 14.1 Å². The summed E-state index contributed by atoms with van der Waals surface area (Å²) in [5.74, 6) is 1.28. The van der Waals surface area contributed by atoms with Crippen molar-refractivity contribution >= 4 is 17.3 Å². The lowest BCUT2D eigenvalue weighted by Crippen LogP contribution is -2.02. The Kier molecular flexibility index (Phi) is 3.56. The molecular weight excluding hydrogens is 310 g/mol. The standard InChI is InChI=1S/C16H15N5OS/c17-7-13-11(8-20-6-2-1-3-14(13)20)10-23-16-19-18-15(9-22)21(16)12-4-5-12/h1-3,6,8,12,22H,4-5,9-10H2. The van der Waals surface area contributed by atoms with E-state index in [4.69, 9.17) is 0 Å². The van der Waals surface area contributed by atoms with Gasteiger partial charge in [0.1, 0.15) is 12.7 Å². The monoisotopic (exact) mass is 325 g/mol. The van der Waals surface area contributed by atoms with Gasteiger partial charge in [-0.15, -0.1) is 10.2 Å². The molecule has 0 spiro atoms. The normalized spacial score (nSPS) is 14.3. The van der Waals surface area contributed by atoms with Crippen molar-refractivity contribution in [2.75, 3.05) is 0 Å². The van der Waals surface area contributed by atoms with Crippen LogP contribution in [-0.4, -0.2) is 24.3 Å². The van der Waals surface area contributed by atoms with Crippen LogP contribution in [0.4, 0.5) is 0 Å². The highest BCUT2D eigenvalue weighted by molar-refractivity contribution is 7.98. The minimum absolute atomic E-state index is 0.0936. The van der Waals surface area contributed by atoms with E-state index in [9.17, 15) is 10.4 Å². The number of hydrogen-bond donors (Lipinski definition) is 1. The number of nitriles is 1. The van der Waals surface area contributed by atoms with E-state index in [-0.39, 0.29) is 6.61 Å². The van der Waals surface area contributed by atoms with E-state index in [0.29, 0.717) is 23.2 Å². The number of aromatic nitrogens is 4. The van der Waals surface area contributed by atoms with Crippen LogP contribution in [0.1, 0.15) is 35.8 Å². The number of fused-ring (bicyclic) bond motifs is 1. The van der Waals surface area contributed by atoms with E-state index in [1.165, 1.54) is 0 Å². The number of aliphatic hydroxyl groups excluding tert-OH is 1. The van der Waals surface area contributed by atoms with Gasteiger partial charge in [-0.2, -0.15) is 5.26 Å². The summed E-state index contributed by atoms with van der Waals surface area (Å²) in [5, 5.41) is 27.9. The van der Waals surface area contributed by atoms with Crippen molar-refractivity contribution < 1.29 is 5.11 Å². The second-order valence-corrected chi connectivity index (χ2v) is 6.52. The zero-order valence-electron chi connectivity index (χ0n) is 12.4. The maximum absolute atomic E-state index is 9.46. The first-order chi connectivity index (χ1) is 11.3. The van der Waals surface area contributed by atoms with Crippen molar-refractivity contribution in [1.82, 2.24) is 19.2 Å². The lowest BCUT2D eigenvalue weighted by Gasteiger charge is -2.06. The second-order valence-electron chi connectivity index (χ2n) is 5.58. The SMILES string of the molecule is N#Cc1c(CSc2nnc(CO)n2C2CC2)cn2ccccc12. The average molecular weight is 325 g/mol. The van der Waals surface area contributed by atoms with Gasteiger partial charge in [-0.05, 0) is 30.5 Å². The third-order valence-electron chi connectivity index (χ3n) is 4.02. The zero-order valence-corrected chi connectivity index (χ0v) is 13.2. The van der Waals surface area contributed by atoms with Gasteiger partial charge in [-0.1, -0.05) is 17.8 Å². The molecule has 1 saturated carbocycles. The molecule has 0 amide bonds. The third kappa shape index (κ3) is 2.50. The molecule has 0 saturated heterocycles. The van der Waals surface area contributed by atoms with E-state index in [1.807, 2.05) is 39.6 Å². The number of hydrogen-bond acceptors (Lipinski definition) is 5. The van der Waals surface area contributed by atoms with Gasteiger partial charge in [-0.3, -0.25) is 0 Å². The summed E-state index contributed by atoms with van der Waals surface area (Å²) in [5.41, 5.74) is 2.61. The predicted molar refractivity (Wildman–Crippen MR) is 85.9 cm³/mol. The first kappa shape index (κ1) is 14.3. The summed E-state index contributed by atoms with van der Waals surface area (Å²) in [7, 11) is 0. The second kappa shape index (κ2) is 5.72. The van der Waals surface area contributed by atoms with Crippen molar-refractivity contribution in [2.24, 2.45) is 0 Å². The summed E-state index contributed by atoms with van der Waals surface area (Å²) in [6.07, 6.45) is 6.16. The maximum Gasteiger partial charge on any atom is 0.191 e. The molecule has 3 aromatic heterocycles. The minimum atomic E-state index is -0.0936. The van der Waals surface area contributed by atoms with Crippen molar-refractivity contribution in [3.05, 3.63) is 47.5 Å². The third-order valence-corrected chi connectivity index (χ3v) is 5.01. The quantitative estimate of drug-likeness (QED) is 0.729. The molecule has 0 radical (unpaired) electrons. The summed E-state index contributed by atoms with van der Waals surface area (Å²) < 4.78 is 4.01. The zero-order chi connectivity index (χ0) is 15.8. The van der Waals surface area contributed by atoms with Crippen LogP contribution in [0.15, 0.2) is 35.7 Å². The van der Waals surface area contributed by atoms with Crippen molar-refractivity contribution in [1.29, 1.82) is 5.26 Å². The molecule has 3 heterocycles. The number of nitrogens with zero attached hydrogens (tertiary/aromatic N) is 5. The fraction of sp³-hybridized carbons (Fsp3) is 0.312. The largest absolute Gasteiger partial charge is 0.388 e. The van der Waals surface area contributed by atoms with Gasteiger partial charge in [0.15, 0.2) is 11.0 Å². The van der Waals surface area contributed by atoms with Crippen molar-refractivity contribution in [3.63, 3.8) is 0 Å². The average Bonchev–Trinajstić information content (AvgIpc) is 3.23. The first-order valence-corrected chi connectivity index (χ1v) is 8.46. The fourth-order valence-corrected chi connectivity index (χ4v) is 3.77. The van der Waals surface area contributed by atoms with Gasteiger partial charge >= 0.3 is 0 Å². The molecule has 0 unspecified atom stereocenters. The molecule has 0 atom stereocenters. The van der Waals surface area contributed by atoms with Gasteiger partial charge in [0, 0.05) is 24.2 Å². The summed E-state index contributed by atoms with van der Waals surface area (Å²) in [6.45, 7) is -0.0936. The lowest BCUT2D eigenvalue weighted by molar-refractivity contribution is 0.263. The van der Waals surface area contributed by atoms with E-state index in [1.54, 1.807) is 11.8 Å². The van der Waals surface area contributed by atoms with Crippen molar-refractivity contribution in [3.8, 4) is 6.07 Å². The van der Waals surface area contributed by atoms with Gasteiger partial charge in [0.25, 0.3) is 0 Å². The molecule has 1 N–H and O–H groups in total. The van der Waals surface area contributed by atoms with E-state index in [2.05, 4.69) is 16.3 Å². The van der Waals surface area contributed by atoms with Crippen LogP contribution < -0.4 is 0 Å². The number of pyridine rings is 1. The van der Waals surface area contributed by atoms with E-state index in [0.717, 1.165) is 29.1 Å². The number of rotatable bonds is 5. The minimum Gasteiger partial charge on any atom is -0.388 e. The Morgan fingerprint density at radius 3 is 2.96 bits per heavy atom. The van der Waals surface area contributed by atoms with Crippen LogP contribution >= 0.6 is 11.8 Å². The highest BCUT2D eigenvalue weighted by atomic mass is 32.2. The molecule has 4 rings (SSSR count). The first-order valence-electron chi connectivity index (χ1n) is 7.48. The van der Waals surface area contributed by atoms with Crippen LogP contribution in [0.5, 0.6) is 0 Å². The highest BCUT2D eigenvalue weighted by Gasteiger charge is 2.29. The molecule has 0 aliphatic heterocycles. The summed E-state index contributed by atoms with van der Waals surface area (Å²) >= 11 is 1.56. The Bertz CT molecular complexity index is 903. The molecule has 6 nitrogen and oxygen atoms in total. The van der Waals surface area contributed by atoms with Crippen LogP contribution in [0.2, 0.25) is 0 Å². The Labute approximate surface area is 137 Å². The molecule has 1 aliphatic carbocycles. The molecule has 3 aromatic rings. The Morgan fingerprint density at radius 2 is 2.22 bits per heavy atom. The van der Waals surface area contributed by atoms with Gasteiger partial charge in [0.2, 0.25) is 0 Å². The number of aliphatic hydroxyl groups is 1. The fourth-order valence-electron chi connectivity index (χ4n) is 2.77. The Balaban J connectivity index is 1.63. The molecule has 0 aromatic carbocycles. The molecule has 1 fully saturated rings. The van der Waals surface area contributed by atoms with Crippen molar-refractivity contribution in [2.45, 2.75) is 36.4 Å². The lowest BCUT2D eigenvalue weighted by atomic mass is 10.2. The topological polar surface area (TPSA) is 79.1 Å². The van der Waals surface area contributed by atoms with Gasteiger partial charge in [-0.25, -0.2) is 0 Å². The highest BCUT2D eigenvalue weighted by Crippen LogP contribution is 2.39. The molecule has 116 valence electrons. The van der Waals surface area contributed by atoms with Crippen LogP contribution in [-0.2, 0) is 12.4 Å². The summed E-state index contributed by atoms with van der Waals surface area (Å²) in [6, 6.07) is 8.55. The van der Waals surface area contributed by atoms with Gasteiger partial charge in [0.05, 0.1) is 11.1 Å². The molecular formula is C16H15N5OS. The van der Waals surface area contributed by atoms with Crippen LogP contribution in [0.25, 0.3) is 5.52 Å². The maximum atomic E-state index is 9.46. The van der Waals surface area contributed by atoms with E-state index >= 15 is 0 Å². The molecule has 1 aliphatic rings. The van der Waals surface area contributed by atoms with Crippen LogP contribution in [0, 0.1) is 11.3 Å². The summed E-state index contributed by atoms with van der Waals surface area (Å²) in [4.78, 5) is 0. The Morgan fingerprint density at radius 1 is 1.35 bits per heavy atom. The molecule has 0 bridgehead atoms. The smallest absolute Gasteiger partial charge is 0.191 e. The molecule has 23 heavy (non-hydrogen) atoms. The molecule has 7 heteroatoms.